The number of imidazole rings is 1. The second-order valence-corrected chi connectivity index (χ2v) is 4.62. The molecular weight excluding hydrogens is 224 g/mol. The zero-order chi connectivity index (χ0) is 11.9. The van der Waals surface area contributed by atoms with Crippen LogP contribution >= 0.6 is 0 Å². The molecule has 4 heteroatoms. The lowest BCUT2D eigenvalue weighted by Gasteiger charge is -2.06. The first-order valence-electron chi connectivity index (χ1n) is 6.17. The number of fused-ring (bicyclic) bond motifs is 1. The lowest BCUT2D eigenvalue weighted by atomic mass is 10.3. The smallest absolute Gasteiger partial charge is 0.160 e. The van der Waals surface area contributed by atoms with Crippen LogP contribution in [0.5, 0.6) is 0 Å². The summed E-state index contributed by atoms with van der Waals surface area (Å²) in [7, 11) is 0. The van der Waals surface area contributed by atoms with Crippen molar-refractivity contribution in [3.8, 4) is 11.5 Å². The lowest BCUT2D eigenvalue weighted by molar-refractivity contribution is 0.772. The van der Waals surface area contributed by atoms with Gasteiger partial charge in [-0.25, -0.2) is 15.0 Å². The van der Waals surface area contributed by atoms with E-state index in [9.17, 15) is 0 Å². The summed E-state index contributed by atoms with van der Waals surface area (Å²) >= 11 is 0. The van der Waals surface area contributed by atoms with Crippen LogP contribution in [0.3, 0.4) is 0 Å². The molecule has 3 aromatic rings. The maximum Gasteiger partial charge on any atom is 0.160 e. The number of aromatic nitrogens is 4. The van der Waals surface area contributed by atoms with E-state index in [0.29, 0.717) is 6.04 Å². The summed E-state index contributed by atoms with van der Waals surface area (Å²) < 4.78 is 2.32. The second kappa shape index (κ2) is 3.63. The molecule has 4 rings (SSSR count). The minimum absolute atomic E-state index is 0.586. The van der Waals surface area contributed by atoms with Crippen molar-refractivity contribution in [2.24, 2.45) is 0 Å². The molecule has 0 atom stereocenters. The fourth-order valence-electron chi connectivity index (χ4n) is 2.35. The third-order valence-corrected chi connectivity index (χ3v) is 3.32. The van der Waals surface area contributed by atoms with Crippen LogP contribution in [0.25, 0.3) is 22.6 Å². The summed E-state index contributed by atoms with van der Waals surface area (Å²) in [5, 5.41) is 0. The summed E-state index contributed by atoms with van der Waals surface area (Å²) in [4.78, 5) is 13.0. The van der Waals surface area contributed by atoms with Gasteiger partial charge in [0.05, 0.1) is 11.0 Å². The van der Waals surface area contributed by atoms with Crippen molar-refractivity contribution in [2.45, 2.75) is 18.9 Å². The van der Waals surface area contributed by atoms with Gasteiger partial charge in [0.1, 0.15) is 12.0 Å². The summed E-state index contributed by atoms with van der Waals surface area (Å²) in [5.74, 6) is 0.959. The first-order chi connectivity index (χ1) is 8.93. The van der Waals surface area contributed by atoms with E-state index >= 15 is 0 Å². The van der Waals surface area contributed by atoms with Gasteiger partial charge in [-0.2, -0.15) is 0 Å². The monoisotopic (exact) mass is 236 g/mol. The van der Waals surface area contributed by atoms with E-state index in [-0.39, 0.29) is 0 Å². The molecule has 4 nitrogen and oxygen atoms in total. The van der Waals surface area contributed by atoms with Crippen LogP contribution in [-0.4, -0.2) is 19.5 Å². The van der Waals surface area contributed by atoms with Gasteiger partial charge in [0.2, 0.25) is 0 Å². The number of hydrogen-bond acceptors (Lipinski definition) is 3. The van der Waals surface area contributed by atoms with E-state index in [1.165, 1.54) is 18.4 Å². The van der Waals surface area contributed by atoms with Gasteiger partial charge in [-0.1, -0.05) is 12.1 Å². The Morgan fingerprint density at radius 1 is 1.11 bits per heavy atom. The third-order valence-electron chi connectivity index (χ3n) is 3.32. The van der Waals surface area contributed by atoms with Crippen LogP contribution in [0, 0.1) is 0 Å². The molecular formula is C14H12N4. The van der Waals surface area contributed by atoms with Gasteiger partial charge in [0.25, 0.3) is 0 Å². The fraction of sp³-hybridized carbons (Fsp3) is 0.214. The summed E-state index contributed by atoms with van der Waals surface area (Å²) in [6, 6.07) is 10.8. The fourth-order valence-corrected chi connectivity index (χ4v) is 2.35. The van der Waals surface area contributed by atoms with Crippen LogP contribution < -0.4 is 0 Å². The molecule has 0 bridgehead atoms. The SMILES string of the molecule is c1ccc2c(c1)nc(-c1ccncn1)n2C1CC1. The Labute approximate surface area is 104 Å². The van der Waals surface area contributed by atoms with Crippen LogP contribution in [-0.2, 0) is 0 Å². The van der Waals surface area contributed by atoms with E-state index < -0.39 is 0 Å². The van der Waals surface area contributed by atoms with Gasteiger partial charge in [-0.05, 0) is 31.0 Å². The highest BCUT2D eigenvalue weighted by Gasteiger charge is 2.28. The van der Waals surface area contributed by atoms with Crippen LogP contribution in [0.15, 0.2) is 42.9 Å². The van der Waals surface area contributed by atoms with Crippen LogP contribution in [0.1, 0.15) is 18.9 Å². The maximum absolute atomic E-state index is 4.72. The standard InChI is InChI=1S/C14H12N4/c1-2-4-13-11(3-1)17-14(18(13)10-5-6-10)12-7-8-15-9-16-12/h1-4,7-10H,5-6H2. The Kier molecular flexibility index (Phi) is 1.97. The topological polar surface area (TPSA) is 43.6 Å². The van der Waals surface area contributed by atoms with Crippen molar-refractivity contribution in [3.63, 3.8) is 0 Å². The van der Waals surface area contributed by atoms with E-state index in [2.05, 4.69) is 32.7 Å². The number of para-hydroxylation sites is 2. The Hall–Kier alpha value is -2.23. The molecule has 0 spiro atoms. The highest BCUT2D eigenvalue weighted by molar-refractivity contribution is 5.80. The van der Waals surface area contributed by atoms with Gasteiger partial charge < -0.3 is 4.57 Å². The van der Waals surface area contributed by atoms with Crippen molar-refractivity contribution in [1.82, 2.24) is 19.5 Å². The Morgan fingerprint density at radius 3 is 2.78 bits per heavy atom. The average molecular weight is 236 g/mol. The molecule has 0 aliphatic heterocycles. The molecule has 88 valence electrons. The van der Waals surface area contributed by atoms with Crippen molar-refractivity contribution in [1.29, 1.82) is 0 Å². The van der Waals surface area contributed by atoms with Crippen molar-refractivity contribution in [3.05, 3.63) is 42.9 Å². The quantitative estimate of drug-likeness (QED) is 0.687. The van der Waals surface area contributed by atoms with E-state index in [1.54, 1.807) is 12.5 Å². The predicted octanol–water partition coefficient (Wildman–Crippen LogP) is 2.83. The normalized spacial score (nSPS) is 15.1. The summed E-state index contributed by atoms with van der Waals surface area (Å²) in [5.41, 5.74) is 3.14. The van der Waals surface area contributed by atoms with Gasteiger partial charge in [0.15, 0.2) is 5.82 Å². The minimum Gasteiger partial charge on any atom is -0.320 e. The Morgan fingerprint density at radius 2 is 2.00 bits per heavy atom. The first-order valence-corrected chi connectivity index (χ1v) is 6.17. The highest BCUT2D eigenvalue weighted by atomic mass is 15.1. The number of nitrogens with zero attached hydrogens (tertiary/aromatic N) is 4. The molecule has 1 fully saturated rings. The molecule has 1 aromatic carbocycles. The second-order valence-electron chi connectivity index (χ2n) is 4.62. The Bertz CT molecular complexity index is 698. The molecule has 0 saturated heterocycles. The van der Waals surface area contributed by atoms with Gasteiger partial charge in [-0.15, -0.1) is 0 Å². The first kappa shape index (κ1) is 9.76. The third kappa shape index (κ3) is 1.42. The zero-order valence-corrected chi connectivity index (χ0v) is 9.82. The molecule has 0 radical (unpaired) electrons. The van der Waals surface area contributed by atoms with Crippen LogP contribution in [0.2, 0.25) is 0 Å². The lowest BCUT2D eigenvalue weighted by Crippen LogP contribution is -1.98. The number of rotatable bonds is 2. The highest BCUT2D eigenvalue weighted by Crippen LogP contribution is 2.40. The molecule has 18 heavy (non-hydrogen) atoms. The maximum atomic E-state index is 4.72. The van der Waals surface area contributed by atoms with Crippen molar-refractivity contribution >= 4 is 11.0 Å². The van der Waals surface area contributed by atoms with Crippen molar-refractivity contribution in [2.75, 3.05) is 0 Å². The predicted molar refractivity (Wildman–Crippen MR) is 69.0 cm³/mol. The van der Waals surface area contributed by atoms with Crippen LogP contribution in [0.4, 0.5) is 0 Å². The van der Waals surface area contributed by atoms with Gasteiger partial charge >= 0.3 is 0 Å². The molecule has 1 aliphatic carbocycles. The van der Waals surface area contributed by atoms with E-state index in [0.717, 1.165) is 17.0 Å². The molecule has 0 N–H and O–H groups in total. The summed E-state index contributed by atoms with van der Waals surface area (Å²) in [6.07, 6.45) is 5.81. The van der Waals surface area contributed by atoms with E-state index in [4.69, 9.17) is 4.98 Å². The van der Waals surface area contributed by atoms with E-state index in [1.807, 2.05) is 12.1 Å². The van der Waals surface area contributed by atoms with Gasteiger partial charge in [-0.3, -0.25) is 0 Å². The number of hydrogen-bond donors (Lipinski definition) is 0. The molecule has 2 heterocycles. The molecule has 2 aromatic heterocycles. The average Bonchev–Trinajstić information content (AvgIpc) is 3.19. The summed E-state index contributed by atoms with van der Waals surface area (Å²) in [6.45, 7) is 0. The number of benzene rings is 1. The van der Waals surface area contributed by atoms with Gasteiger partial charge in [0, 0.05) is 12.2 Å². The molecule has 0 amide bonds. The molecule has 1 aliphatic rings. The molecule has 0 unspecified atom stereocenters. The largest absolute Gasteiger partial charge is 0.320 e. The Balaban J connectivity index is 2.02. The molecule has 1 saturated carbocycles. The minimum atomic E-state index is 0.586. The van der Waals surface area contributed by atoms with Crippen molar-refractivity contribution < 1.29 is 0 Å². The zero-order valence-electron chi connectivity index (χ0n) is 9.82.